The molecular formula is C15H25N3O. The average molecular weight is 263 g/mol. The van der Waals surface area contributed by atoms with E-state index in [1.165, 1.54) is 18.5 Å². The molecule has 2 rings (SSSR count). The molecule has 0 unspecified atom stereocenters. The molecule has 0 aromatic carbocycles. The highest BCUT2D eigenvalue weighted by atomic mass is 16.5. The maximum atomic E-state index is 5.48. The van der Waals surface area contributed by atoms with Crippen molar-refractivity contribution in [1.29, 1.82) is 0 Å². The molecule has 0 spiro atoms. The van der Waals surface area contributed by atoms with Crippen LogP contribution in [0.4, 0.5) is 0 Å². The molecule has 0 bridgehead atoms. The van der Waals surface area contributed by atoms with Gasteiger partial charge in [-0.15, -0.1) is 0 Å². The minimum absolute atomic E-state index is 0.927. The molecule has 0 radical (unpaired) electrons. The van der Waals surface area contributed by atoms with Crippen LogP contribution in [-0.2, 0) is 6.54 Å². The van der Waals surface area contributed by atoms with Crippen molar-refractivity contribution < 1.29 is 4.74 Å². The summed E-state index contributed by atoms with van der Waals surface area (Å²) in [5.74, 6) is 0.983. The Labute approximate surface area is 116 Å². The van der Waals surface area contributed by atoms with Crippen molar-refractivity contribution in [2.45, 2.75) is 26.8 Å². The number of hydrogen-bond acceptors (Lipinski definition) is 4. The van der Waals surface area contributed by atoms with E-state index >= 15 is 0 Å². The molecule has 1 saturated heterocycles. The highest BCUT2D eigenvalue weighted by Crippen LogP contribution is 2.24. The Morgan fingerprint density at radius 2 is 2.00 bits per heavy atom. The molecule has 1 aromatic rings. The van der Waals surface area contributed by atoms with Gasteiger partial charge in [-0.1, -0.05) is 0 Å². The van der Waals surface area contributed by atoms with Crippen LogP contribution in [-0.4, -0.2) is 55.1 Å². The zero-order chi connectivity index (χ0) is 13.8. The number of ether oxygens (including phenoxy) is 1. The minimum atomic E-state index is 0.927. The quantitative estimate of drug-likeness (QED) is 0.832. The molecule has 106 valence electrons. The van der Waals surface area contributed by atoms with E-state index in [-0.39, 0.29) is 0 Å². The fourth-order valence-corrected chi connectivity index (χ4v) is 2.70. The second-order valence-corrected chi connectivity index (χ2v) is 5.48. The molecule has 2 heterocycles. The van der Waals surface area contributed by atoms with Crippen LogP contribution >= 0.6 is 0 Å². The van der Waals surface area contributed by atoms with E-state index in [2.05, 4.69) is 28.8 Å². The van der Waals surface area contributed by atoms with E-state index in [4.69, 9.17) is 4.74 Å². The molecule has 1 aliphatic heterocycles. The van der Waals surface area contributed by atoms with Crippen molar-refractivity contribution in [2.75, 3.05) is 40.3 Å². The summed E-state index contributed by atoms with van der Waals surface area (Å²) >= 11 is 0. The lowest BCUT2D eigenvalue weighted by atomic mass is 10.1. The largest absolute Gasteiger partial charge is 0.496 e. The summed E-state index contributed by atoms with van der Waals surface area (Å²) in [7, 11) is 3.93. The standard InChI is InChI=1S/C15H25N3O/c1-12-10-16-14(13(2)15(12)19-4)11-18-7-5-6-17(3)8-9-18/h10H,5-9,11H2,1-4H3. The molecule has 0 amide bonds. The first-order valence-electron chi connectivity index (χ1n) is 7.01. The molecule has 1 aromatic heterocycles. The lowest BCUT2D eigenvalue weighted by Gasteiger charge is -2.21. The first-order valence-corrected chi connectivity index (χ1v) is 7.01. The van der Waals surface area contributed by atoms with Gasteiger partial charge in [-0.2, -0.15) is 0 Å². The first kappa shape index (κ1) is 14.3. The van der Waals surface area contributed by atoms with Crippen LogP contribution in [0, 0.1) is 13.8 Å². The highest BCUT2D eigenvalue weighted by molar-refractivity contribution is 5.41. The summed E-state index contributed by atoms with van der Waals surface area (Å²) in [6.45, 7) is 9.69. The molecule has 0 N–H and O–H groups in total. The number of likely N-dealkylation sites (N-methyl/N-ethyl adjacent to an activating group) is 1. The van der Waals surface area contributed by atoms with Gasteiger partial charge in [0.2, 0.25) is 0 Å². The smallest absolute Gasteiger partial charge is 0.128 e. The maximum Gasteiger partial charge on any atom is 0.128 e. The van der Waals surface area contributed by atoms with E-state index in [0.717, 1.165) is 43.2 Å². The van der Waals surface area contributed by atoms with Crippen molar-refractivity contribution in [3.63, 3.8) is 0 Å². The van der Waals surface area contributed by atoms with Gasteiger partial charge in [0, 0.05) is 37.0 Å². The van der Waals surface area contributed by atoms with Crippen LogP contribution in [0.15, 0.2) is 6.20 Å². The highest BCUT2D eigenvalue weighted by Gasteiger charge is 2.16. The first-order chi connectivity index (χ1) is 9.11. The van der Waals surface area contributed by atoms with Gasteiger partial charge >= 0.3 is 0 Å². The van der Waals surface area contributed by atoms with Gasteiger partial charge in [0.1, 0.15) is 5.75 Å². The van der Waals surface area contributed by atoms with E-state index in [1.54, 1.807) is 7.11 Å². The van der Waals surface area contributed by atoms with Gasteiger partial charge in [-0.05, 0) is 40.4 Å². The Bertz CT molecular complexity index is 434. The average Bonchev–Trinajstić information content (AvgIpc) is 2.59. The molecular weight excluding hydrogens is 238 g/mol. The fraction of sp³-hybridized carbons (Fsp3) is 0.667. The van der Waals surface area contributed by atoms with Gasteiger partial charge in [0.05, 0.1) is 12.8 Å². The van der Waals surface area contributed by atoms with Crippen LogP contribution in [0.25, 0.3) is 0 Å². The molecule has 1 aliphatic rings. The third-order valence-corrected chi connectivity index (χ3v) is 3.94. The predicted molar refractivity (Wildman–Crippen MR) is 77.7 cm³/mol. The van der Waals surface area contributed by atoms with Gasteiger partial charge in [0.25, 0.3) is 0 Å². The SMILES string of the molecule is COc1c(C)cnc(CN2CCCN(C)CC2)c1C. The van der Waals surface area contributed by atoms with Crippen molar-refractivity contribution in [3.8, 4) is 5.75 Å². The van der Waals surface area contributed by atoms with E-state index in [9.17, 15) is 0 Å². The Balaban J connectivity index is 2.10. The summed E-state index contributed by atoms with van der Waals surface area (Å²) in [6.07, 6.45) is 3.16. The summed E-state index contributed by atoms with van der Waals surface area (Å²) in [4.78, 5) is 9.49. The third kappa shape index (κ3) is 3.45. The molecule has 4 heteroatoms. The van der Waals surface area contributed by atoms with Crippen molar-refractivity contribution in [2.24, 2.45) is 0 Å². The summed E-state index contributed by atoms with van der Waals surface area (Å²) in [6, 6.07) is 0. The van der Waals surface area contributed by atoms with Gasteiger partial charge in [-0.25, -0.2) is 0 Å². The molecule has 4 nitrogen and oxygen atoms in total. The van der Waals surface area contributed by atoms with Crippen molar-refractivity contribution in [1.82, 2.24) is 14.8 Å². The fourth-order valence-electron chi connectivity index (χ4n) is 2.70. The maximum absolute atomic E-state index is 5.48. The number of aryl methyl sites for hydroxylation is 1. The Morgan fingerprint density at radius 3 is 2.74 bits per heavy atom. The second-order valence-electron chi connectivity index (χ2n) is 5.48. The van der Waals surface area contributed by atoms with Crippen LogP contribution in [0.3, 0.4) is 0 Å². The molecule has 19 heavy (non-hydrogen) atoms. The minimum Gasteiger partial charge on any atom is -0.496 e. The normalized spacial score (nSPS) is 18.3. The number of methoxy groups -OCH3 is 1. The van der Waals surface area contributed by atoms with Crippen LogP contribution < -0.4 is 4.74 Å². The van der Waals surface area contributed by atoms with E-state index < -0.39 is 0 Å². The van der Waals surface area contributed by atoms with Gasteiger partial charge < -0.3 is 9.64 Å². The van der Waals surface area contributed by atoms with Gasteiger partial charge in [-0.3, -0.25) is 9.88 Å². The Morgan fingerprint density at radius 1 is 1.21 bits per heavy atom. The lowest BCUT2D eigenvalue weighted by molar-refractivity contribution is 0.265. The monoisotopic (exact) mass is 263 g/mol. The number of pyridine rings is 1. The van der Waals surface area contributed by atoms with Crippen LogP contribution in [0.1, 0.15) is 23.2 Å². The van der Waals surface area contributed by atoms with Crippen LogP contribution in [0.2, 0.25) is 0 Å². The second kappa shape index (κ2) is 6.35. The zero-order valence-electron chi connectivity index (χ0n) is 12.6. The third-order valence-electron chi connectivity index (χ3n) is 3.94. The van der Waals surface area contributed by atoms with Crippen molar-refractivity contribution >= 4 is 0 Å². The summed E-state index contributed by atoms with van der Waals surface area (Å²) < 4.78 is 5.48. The molecule has 0 atom stereocenters. The molecule has 0 aliphatic carbocycles. The van der Waals surface area contributed by atoms with E-state index in [0.29, 0.717) is 0 Å². The summed E-state index contributed by atoms with van der Waals surface area (Å²) in [5.41, 5.74) is 3.44. The molecule has 0 saturated carbocycles. The molecule has 1 fully saturated rings. The number of hydrogen-bond donors (Lipinski definition) is 0. The Hall–Kier alpha value is -1.13. The number of nitrogens with zero attached hydrogens (tertiary/aromatic N) is 3. The lowest BCUT2D eigenvalue weighted by Crippen LogP contribution is -2.29. The topological polar surface area (TPSA) is 28.6 Å². The zero-order valence-corrected chi connectivity index (χ0v) is 12.6. The van der Waals surface area contributed by atoms with E-state index in [1.807, 2.05) is 13.1 Å². The Kier molecular flexibility index (Phi) is 4.77. The predicted octanol–water partition coefficient (Wildman–Crippen LogP) is 1.84. The number of rotatable bonds is 3. The van der Waals surface area contributed by atoms with Crippen molar-refractivity contribution in [3.05, 3.63) is 23.0 Å². The van der Waals surface area contributed by atoms with Crippen LogP contribution in [0.5, 0.6) is 5.75 Å². The van der Waals surface area contributed by atoms with Gasteiger partial charge in [0.15, 0.2) is 0 Å². The summed E-state index contributed by atoms with van der Waals surface area (Å²) in [5, 5.41) is 0. The number of aromatic nitrogens is 1.